The van der Waals surface area contributed by atoms with E-state index < -0.39 is 0 Å². The lowest BCUT2D eigenvalue weighted by Crippen LogP contribution is -2.43. The summed E-state index contributed by atoms with van der Waals surface area (Å²) in [6.07, 6.45) is 3.30. The number of amides is 2. The van der Waals surface area contributed by atoms with Crippen LogP contribution in [0.25, 0.3) is 0 Å². The van der Waals surface area contributed by atoms with Crippen molar-refractivity contribution in [3.63, 3.8) is 0 Å². The molecular formula is C22H26N4O2. The number of benzene rings is 1. The van der Waals surface area contributed by atoms with E-state index in [0.29, 0.717) is 31.7 Å². The Kier molecular flexibility index (Phi) is 4.89. The zero-order valence-corrected chi connectivity index (χ0v) is 16.4. The van der Waals surface area contributed by atoms with Crippen molar-refractivity contribution in [3.8, 4) is 0 Å². The zero-order valence-electron chi connectivity index (χ0n) is 16.4. The van der Waals surface area contributed by atoms with Crippen LogP contribution >= 0.6 is 0 Å². The van der Waals surface area contributed by atoms with Gasteiger partial charge in [0.05, 0.1) is 5.56 Å². The van der Waals surface area contributed by atoms with Crippen LogP contribution in [0.1, 0.15) is 20.7 Å². The van der Waals surface area contributed by atoms with Crippen molar-refractivity contribution in [1.29, 1.82) is 0 Å². The van der Waals surface area contributed by atoms with Gasteiger partial charge in [0, 0.05) is 62.0 Å². The van der Waals surface area contributed by atoms with E-state index >= 15 is 0 Å². The van der Waals surface area contributed by atoms with Gasteiger partial charge in [0.25, 0.3) is 11.8 Å². The summed E-state index contributed by atoms with van der Waals surface area (Å²) in [5.74, 6) is 0.392. The molecule has 6 heteroatoms. The second kappa shape index (κ2) is 7.36. The second-order valence-electron chi connectivity index (χ2n) is 8.28. The molecule has 0 spiro atoms. The Labute approximate surface area is 165 Å². The minimum absolute atomic E-state index is 0.0292. The number of fused-ring (bicyclic) bond motifs is 1. The third-order valence-electron chi connectivity index (χ3n) is 5.89. The topological polar surface area (TPSA) is 56.8 Å². The molecule has 2 atom stereocenters. The molecule has 4 rings (SSSR count). The number of hydrogen-bond donors (Lipinski definition) is 0. The Morgan fingerprint density at radius 1 is 1.00 bits per heavy atom. The number of pyridine rings is 1. The minimum Gasteiger partial charge on any atom is -0.338 e. The van der Waals surface area contributed by atoms with Crippen molar-refractivity contribution in [2.75, 3.05) is 46.8 Å². The van der Waals surface area contributed by atoms with E-state index in [9.17, 15) is 9.59 Å². The second-order valence-corrected chi connectivity index (χ2v) is 8.28. The van der Waals surface area contributed by atoms with Crippen LogP contribution in [-0.4, -0.2) is 78.3 Å². The van der Waals surface area contributed by atoms with E-state index in [0.717, 1.165) is 12.1 Å². The van der Waals surface area contributed by atoms with Crippen LogP contribution in [0.5, 0.6) is 0 Å². The fourth-order valence-electron chi connectivity index (χ4n) is 4.78. The van der Waals surface area contributed by atoms with Gasteiger partial charge in [-0.3, -0.25) is 14.6 Å². The number of carbonyl (C=O) groups excluding carboxylic acids is 2. The SMILES string of the molecule is CN(C)CC12CN(C(=O)c3ccccc3)CC1CN(C(=O)c1cccnc1)C2. The van der Waals surface area contributed by atoms with Crippen LogP contribution in [0.4, 0.5) is 0 Å². The van der Waals surface area contributed by atoms with E-state index in [1.807, 2.05) is 46.2 Å². The van der Waals surface area contributed by atoms with E-state index in [1.54, 1.807) is 18.5 Å². The molecule has 1 aromatic carbocycles. The summed E-state index contributed by atoms with van der Waals surface area (Å²) in [6.45, 7) is 3.58. The highest BCUT2D eigenvalue weighted by Crippen LogP contribution is 2.43. The lowest BCUT2D eigenvalue weighted by atomic mass is 9.80. The molecule has 3 heterocycles. The van der Waals surface area contributed by atoms with Crippen molar-refractivity contribution in [1.82, 2.24) is 19.7 Å². The summed E-state index contributed by atoms with van der Waals surface area (Å²) in [5.41, 5.74) is 1.26. The van der Waals surface area contributed by atoms with Gasteiger partial charge in [0.15, 0.2) is 0 Å². The van der Waals surface area contributed by atoms with Gasteiger partial charge in [-0.25, -0.2) is 0 Å². The van der Waals surface area contributed by atoms with E-state index in [-0.39, 0.29) is 23.1 Å². The summed E-state index contributed by atoms with van der Waals surface area (Å²) in [6, 6.07) is 13.1. The van der Waals surface area contributed by atoms with Crippen LogP contribution < -0.4 is 0 Å². The van der Waals surface area contributed by atoms with Crippen LogP contribution in [0.3, 0.4) is 0 Å². The molecule has 2 fully saturated rings. The highest BCUT2D eigenvalue weighted by molar-refractivity contribution is 5.95. The predicted octanol–water partition coefficient (Wildman–Crippen LogP) is 1.86. The Balaban J connectivity index is 1.54. The van der Waals surface area contributed by atoms with E-state index in [2.05, 4.69) is 24.0 Å². The summed E-state index contributed by atoms with van der Waals surface area (Å²) >= 11 is 0. The first-order valence-electron chi connectivity index (χ1n) is 9.67. The Bertz CT molecular complexity index is 790. The molecule has 2 aromatic rings. The summed E-state index contributed by atoms with van der Waals surface area (Å²) in [5, 5.41) is 0. The molecule has 0 aliphatic carbocycles. The highest BCUT2D eigenvalue weighted by Gasteiger charge is 2.54. The molecule has 28 heavy (non-hydrogen) atoms. The van der Waals surface area contributed by atoms with Gasteiger partial charge < -0.3 is 14.7 Å². The van der Waals surface area contributed by atoms with Crippen molar-refractivity contribution >= 4 is 11.8 Å². The summed E-state index contributed by atoms with van der Waals surface area (Å²) in [7, 11) is 4.11. The fourth-order valence-corrected chi connectivity index (χ4v) is 4.78. The predicted molar refractivity (Wildman–Crippen MR) is 107 cm³/mol. The zero-order chi connectivity index (χ0) is 19.7. The molecule has 0 saturated carbocycles. The summed E-state index contributed by atoms with van der Waals surface area (Å²) < 4.78 is 0. The molecule has 1 aromatic heterocycles. The van der Waals surface area contributed by atoms with Crippen LogP contribution in [0, 0.1) is 11.3 Å². The number of nitrogens with zero attached hydrogens (tertiary/aromatic N) is 4. The maximum Gasteiger partial charge on any atom is 0.255 e. The largest absolute Gasteiger partial charge is 0.338 e. The molecule has 2 aliphatic heterocycles. The Hall–Kier alpha value is -2.73. The average Bonchev–Trinajstić information content (AvgIpc) is 3.21. The van der Waals surface area contributed by atoms with Gasteiger partial charge >= 0.3 is 0 Å². The van der Waals surface area contributed by atoms with Crippen molar-refractivity contribution in [2.24, 2.45) is 11.3 Å². The first-order chi connectivity index (χ1) is 13.5. The maximum absolute atomic E-state index is 13.0. The van der Waals surface area contributed by atoms with Crippen LogP contribution in [0.2, 0.25) is 0 Å². The molecule has 2 unspecified atom stereocenters. The minimum atomic E-state index is -0.0915. The normalized spacial score (nSPS) is 23.9. The van der Waals surface area contributed by atoms with Gasteiger partial charge in [-0.05, 0) is 38.4 Å². The number of aromatic nitrogens is 1. The Morgan fingerprint density at radius 3 is 2.18 bits per heavy atom. The highest BCUT2D eigenvalue weighted by atomic mass is 16.2. The quantitative estimate of drug-likeness (QED) is 0.815. The molecular weight excluding hydrogens is 352 g/mol. The van der Waals surface area contributed by atoms with Gasteiger partial charge in [-0.2, -0.15) is 0 Å². The summed E-state index contributed by atoms with van der Waals surface area (Å²) in [4.78, 5) is 36.1. The molecule has 0 radical (unpaired) electrons. The molecule has 2 amide bonds. The molecule has 0 bridgehead atoms. The van der Waals surface area contributed by atoms with Crippen LogP contribution in [0.15, 0.2) is 54.9 Å². The fraction of sp³-hybridized carbons (Fsp3) is 0.409. The lowest BCUT2D eigenvalue weighted by molar-refractivity contribution is 0.0701. The number of likely N-dealkylation sites (tertiary alicyclic amines) is 2. The standard InChI is InChI=1S/C22H26N4O2/c1-24(2)14-22-15-25(20(27)17-7-4-3-5-8-17)12-19(22)13-26(16-22)21(28)18-9-6-10-23-11-18/h3-11,19H,12-16H2,1-2H3. The molecule has 146 valence electrons. The maximum atomic E-state index is 13.0. The third-order valence-corrected chi connectivity index (χ3v) is 5.89. The smallest absolute Gasteiger partial charge is 0.255 e. The Morgan fingerprint density at radius 2 is 1.61 bits per heavy atom. The third kappa shape index (κ3) is 3.40. The van der Waals surface area contributed by atoms with Gasteiger partial charge in [0.2, 0.25) is 0 Å². The van der Waals surface area contributed by atoms with Gasteiger partial charge in [0.1, 0.15) is 0 Å². The number of hydrogen-bond acceptors (Lipinski definition) is 4. The van der Waals surface area contributed by atoms with E-state index in [1.165, 1.54) is 0 Å². The number of carbonyl (C=O) groups is 2. The molecule has 2 aliphatic rings. The van der Waals surface area contributed by atoms with Crippen molar-refractivity contribution in [2.45, 2.75) is 0 Å². The van der Waals surface area contributed by atoms with Crippen LogP contribution in [-0.2, 0) is 0 Å². The molecule has 6 nitrogen and oxygen atoms in total. The number of rotatable bonds is 4. The molecule has 2 saturated heterocycles. The van der Waals surface area contributed by atoms with Gasteiger partial charge in [-0.15, -0.1) is 0 Å². The monoisotopic (exact) mass is 378 g/mol. The first kappa shape index (κ1) is 18.6. The van der Waals surface area contributed by atoms with Crippen molar-refractivity contribution < 1.29 is 9.59 Å². The average molecular weight is 378 g/mol. The molecule has 0 N–H and O–H groups in total. The lowest BCUT2D eigenvalue weighted by Gasteiger charge is -2.32. The van der Waals surface area contributed by atoms with Gasteiger partial charge in [-0.1, -0.05) is 18.2 Å². The van der Waals surface area contributed by atoms with Crippen molar-refractivity contribution in [3.05, 3.63) is 66.0 Å². The first-order valence-corrected chi connectivity index (χ1v) is 9.67. The van der Waals surface area contributed by atoms with E-state index in [4.69, 9.17) is 0 Å².